The molecule has 0 saturated heterocycles. The molecule has 3 rings (SSSR count). The quantitative estimate of drug-likeness (QED) is 0.242. The third kappa shape index (κ3) is 5.30. The number of rotatable bonds is 6. The second-order valence-electron chi connectivity index (χ2n) is 6.20. The molecule has 0 amide bonds. The van der Waals surface area contributed by atoms with Crippen LogP contribution in [-0.2, 0) is 6.61 Å². The Bertz CT molecular complexity index is 1160. The number of nitriles is 1. The van der Waals surface area contributed by atoms with Gasteiger partial charge in [-0.05, 0) is 42.0 Å². The molecule has 3 aromatic carbocycles. The molecule has 0 aliphatic heterocycles. The molecule has 152 valence electrons. The maximum atomic E-state index is 9.65. The molecule has 0 aromatic heterocycles. The molecular formula is C23H15BrCl3NO2. The number of ether oxygens (including phenoxy) is 2. The van der Waals surface area contributed by atoms with E-state index in [-0.39, 0.29) is 0 Å². The topological polar surface area (TPSA) is 42.2 Å². The van der Waals surface area contributed by atoms with Crippen LogP contribution >= 0.6 is 50.7 Å². The smallest absolute Gasteiger partial charge is 0.162 e. The van der Waals surface area contributed by atoms with Crippen LogP contribution in [0.25, 0.3) is 11.6 Å². The van der Waals surface area contributed by atoms with Gasteiger partial charge in [0.05, 0.1) is 23.8 Å². The Kier molecular flexibility index (Phi) is 7.69. The maximum Gasteiger partial charge on any atom is 0.162 e. The zero-order valence-corrected chi connectivity index (χ0v) is 19.6. The van der Waals surface area contributed by atoms with Crippen molar-refractivity contribution >= 4 is 62.4 Å². The van der Waals surface area contributed by atoms with Gasteiger partial charge in [-0.15, -0.1) is 0 Å². The Labute approximate surface area is 198 Å². The Hall–Kier alpha value is -2.16. The number of methoxy groups -OCH3 is 1. The van der Waals surface area contributed by atoms with Crippen LogP contribution in [0.3, 0.4) is 0 Å². The first-order valence-electron chi connectivity index (χ1n) is 8.74. The largest absolute Gasteiger partial charge is 0.493 e. The van der Waals surface area contributed by atoms with Crippen molar-refractivity contribution in [3.63, 3.8) is 0 Å². The minimum atomic E-state index is 0.293. The minimum absolute atomic E-state index is 0.293. The van der Waals surface area contributed by atoms with E-state index in [9.17, 15) is 5.26 Å². The molecule has 0 bridgehead atoms. The van der Waals surface area contributed by atoms with E-state index in [1.54, 1.807) is 43.5 Å². The normalized spacial score (nSPS) is 11.1. The third-order valence-corrected chi connectivity index (χ3v) is 5.87. The number of allylic oxidation sites excluding steroid dienone is 1. The molecule has 0 heterocycles. The van der Waals surface area contributed by atoms with Crippen molar-refractivity contribution < 1.29 is 9.47 Å². The summed E-state index contributed by atoms with van der Waals surface area (Å²) < 4.78 is 12.1. The monoisotopic (exact) mass is 521 g/mol. The van der Waals surface area contributed by atoms with Crippen LogP contribution in [0.1, 0.15) is 16.7 Å². The first kappa shape index (κ1) is 22.5. The summed E-state index contributed by atoms with van der Waals surface area (Å²) in [5, 5.41) is 11.2. The molecular weight excluding hydrogens is 509 g/mol. The number of hydrogen-bond acceptors (Lipinski definition) is 3. The fraction of sp³-hybridized carbons (Fsp3) is 0.0870. The van der Waals surface area contributed by atoms with Crippen LogP contribution in [0.2, 0.25) is 15.1 Å². The molecule has 3 nitrogen and oxygen atoms in total. The minimum Gasteiger partial charge on any atom is -0.493 e. The predicted octanol–water partition coefficient (Wildman–Crippen LogP) is 8.06. The first-order chi connectivity index (χ1) is 14.4. The SMILES string of the molecule is COc1cc(/C=C(\C#N)c2ccc(Cl)cc2Cl)c(Br)cc1OCc1ccccc1Cl. The van der Waals surface area contributed by atoms with E-state index in [0.717, 1.165) is 15.6 Å². The standard InChI is InChI=1S/C23H15BrCl3NO2/c1-29-22-9-15(8-16(12-28)18-7-6-17(25)10-21(18)27)19(24)11-23(22)30-13-14-4-2-3-5-20(14)26/h2-11H,13H2,1H3/b16-8+. The van der Waals surface area contributed by atoms with Crippen LogP contribution in [0.4, 0.5) is 0 Å². The van der Waals surface area contributed by atoms with Crippen molar-refractivity contribution in [3.05, 3.63) is 90.8 Å². The van der Waals surface area contributed by atoms with Gasteiger partial charge in [-0.3, -0.25) is 0 Å². The Balaban J connectivity index is 1.94. The second kappa shape index (κ2) is 10.2. The maximum absolute atomic E-state index is 9.65. The van der Waals surface area contributed by atoms with Crippen molar-refractivity contribution in [3.8, 4) is 17.6 Å². The molecule has 7 heteroatoms. The van der Waals surface area contributed by atoms with Gasteiger partial charge in [-0.1, -0.05) is 75.0 Å². The van der Waals surface area contributed by atoms with Gasteiger partial charge in [-0.25, -0.2) is 0 Å². The summed E-state index contributed by atoms with van der Waals surface area (Å²) in [7, 11) is 1.56. The van der Waals surface area contributed by atoms with Crippen LogP contribution in [0.15, 0.2) is 59.1 Å². The summed E-state index contributed by atoms with van der Waals surface area (Å²) in [6, 6.07) is 18.2. The molecule has 0 aliphatic carbocycles. The van der Waals surface area contributed by atoms with Gasteiger partial charge in [-0.2, -0.15) is 5.26 Å². The summed E-state index contributed by atoms with van der Waals surface area (Å²) in [6.07, 6.45) is 1.72. The van der Waals surface area contributed by atoms with Gasteiger partial charge >= 0.3 is 0 Å². The predicted molar refractivity (Wildman–Crippen MR) is 126 cm³/mol. The van der Waals surface area contributed by atoms with E-state index in [1.807, 2.05) is 24.3 Å². The fourth-order valence-corrected chi connectivity index (χ4v) is 3.88. The Morgan fingerprint density at radius 2 is 1.80 bits per heavy atom. The van der Waals surface area contributed by atoms with Gasteiger partial charge in [0.1, 0.15) is 6.61 Å². The summed E-state index contributed by atoms with van der Waals surface area (Å²) >= 11 is 22.0. The Morgan fingerprint density at radius 3 is 2.47 bits per heavy atom. The summed E-state index contributed by atoms with van der Waals surface area (Å²) in [6.45, 7) is 0.293. The lowest BCUT2D eigenvalue weighted by molar-refractivity contribution is 0.284. The van der Waals surface area contributed by atoms with Crippen LogP contribution < -0.4 is 9.47 Å². The first-order valence-corrected chi connectivity index (χ1v) is 10.7. The zero-order chi connectivity index (χ0) is 21.7. The number of halogens is 4. The highest BCUT2D eigenvalue weighted by molar-refractivity contribution is 9.10. The number of nitrogens with zero attached hydrogens (tertiary/aromatic N) is 1. The number of hydrogen-bond donors (Lipinski definition) is 0. The van der Waals surface area contributed by atoms with Crippen LogP contribution in [0.5, 0.6) is 11.5 Å². The van der Waals surface area contributed by atoms with E-state index in [1.165, 1.54) is 0 Å². The van der Waals surface area contributed by atoms with Crippen molar-refractivity contribution in [2.75, 3.05) is 7.11 Å². The van der Waals surface area contributed by atoms with E-state index in [4.69, 9.17) is 44.3 Å². The lowest BCUT2D eigenvalue weighted by Gasteiger charge is -2.14. The third-order valence-electron chi connectivity index (χ3n) is 4.27. The van der Waals surface area contributed by atoms with Gasteiger partial charge in [0.2, 0.25) is 0 Å². The molecule has 0 radical (unpaired) electrons. The van der Waals surface area contributed by atoms with Gasteiger partial charge in [0.25, 0.3) is 0 Å². The van der Waals surface area contributed by atoms with E-state index in [2.05, 4.69) is 22.0 Å². The molecule has 3 aromatic rings. The van der Waals surface area contributed by atoms with E-state index in [0.29, 0.717) is 44.3 Å². The molecule has 0 N–H and O–H groups in total. The van der Waals surface area contributed by atoms with Crippen molar-refractivity contribution in [1.82, 2.24) is 0 Å². The fourth-order valence-electron chi connectivity index (χ4n) is 2.74. The summed E-state index contributed by atoms with van der Waals surface area (Å²) in [5.41, 5.74) is 2.59. The van der Waals surface area contributed by atoms with Crippen LogP contribution in [-0.4, -0.2) is 7.11 Å². The van der Waals surface area contributed by atoms with Crippen LogP contribution in [0, 0.1) is 11.3 Å². The second-order valence-corrected chi connectivity index (χ2v) is 8.30. The highest BCUT2D eigenvalue weighted by Crippen LogP contribution is 2.37. The molecule has 0 fully saturated rings. The average Bonchev–Trinajstić information content (AvgIpc) is 2.73. The Morgan fingerprint density at radius 1 is 1.03 bits per heavy atom. The van der Waals surface area contributed by atoms with Gasteiger partial charge in [0.15, 0.2) is 11.5 Å². The van der Waals surface area contributed by atoms with Gasteiger partial charge in [0, 0.05) is 25.6 Å². The lowest BCUT2D eigenvalue weighted by Crippen LogP contribution is -1.99. The summed E-state index contributed by atoms with van der Waals surface area (Å²) in [4.78, 5) is 0. The highest BCUT2D eigenvalue weighted by atomic mass is 79.9. The molecule has 0 aliphatic rings. The van der Waals surface area contributed by atoms with Crippen molar-refractivity contribution in [1.29, 1.82) is 5.26 Å². The lowest BCUT2D eigenvalue weighted by atomic mass is 10.0. The van der Waals surface area contributed by atoms with E-state index >= 15 is 0 Å². The number of benzene rings is 3. The van der Waals surface area contributed by atoms with E-state index < -0.39 is 0 Å². The van der Waals surface area contributed by atoms with Crippen molar-refractivity contribution in [2.24, 2.45) is 0 Å². The molecule has 0 saturated carbocycles. The van der Waals surface area contributed by atoms with Crippen molar-refractivity contribution in [2.45, 2.75) is 6.61 Å². The molecule has 0 atom stereocenters. The summed E-state index contributed by atoms with van der Waals surface area (Å²) in [5.74, 6) is 1.07. The highest BCUT2D eigenvalue weighted by Gasteiger charge is 2.13. The average molecular weight is 524 g/mol. The van der Waals surface area contributed by atoms with Gasteiger partial charge < -0.3 is 9.47 Å². The molecule has 0 unspecified atom stereocenters. The molecule has 30 heavy (non-hydrogen) atoms. The zero-order valence-electron chi connectivity index (χ0n) is 15.8. The molecule has 0 spiro atoms.